The predicted molar refractivity (Wildman–Crippen MR) is 76.5 cm³/mol. The maximum atomic E-state index is 11.7. The summed E-state index contributed by atoms with van der Waals surface area (Å²) >= 11 is 6.19. The molecule has 106 valence electrons. The van der Waals surface area contributed by atoms with E-state index in [0.29, 0.717) is 24.8 Å². The van der Waals surface area contributed by atoms with Gasteiger partial charge in [-0.2, -0.15) is 0 Å². The van der Waals surface area contributed by atoms with Crippen LogP contribution in [0.5, 0.6) is 0 Å². The lowest BCUT2D eigenvalue weighted by Gasteiger charge is -2.39. The first-order valence-corrected chi connectivity index (χ1v) is 7.35. The van der Waals surface area contributed by atoms with Crippen LogP contribution in [-0.4, -0.2) is 23.9 Å². The molecular weight excluding hydrogens is 276 g/mol. The molecule has 20 heavy (non-hydrogen) atoms. The molecule has 0 spiro atoms. The van der Waals surface area contributed by atoms with E-state index in [1.54, 1.807) is 0 Å². The molecule has 2 N–H and O–H groups in total. The van der Waals surface area contributed by atoms with Crippen LogP contribution in [-0.2, 0) is 9.59 Å². The lowest BCUT2D eigenvalue weighted by Crippen LogP contribution is -2.55. The van der Waals surface area contributed by atoms with Crippen molar-refractivity contribution in [3.8, 4) is 0 Å². The Morgan fingerprint density at radius 2 is 1.95 bits per heavy atom. The fraction of sp³-hybridized carbons (Fsp3) is 0.467. The first-order valence-electron chi connectivity index (χ1n) is 6.97. The molecule has 1 saturated carbocycles. The lowest BCUT2D eigenvalue weighted by molar-refractivity contribution is -0.135. The van der Waals surface area contributed by atoms with Gasteiger partial charge in [-0.3, -0.25) is 14.9 Å². The number of hydrogen-bond acceptors (Lipinski definition) is 3. The highest BCUT2D eigenvalue weighted by atomic mass is 35.5. The van der Waals surface area contributed by atoms with Gasteiger partial charge in [0.15, 0.2) is 0 Å². The van der Waals surface area contributed by atoms with E-state index in [2.05, 4.69) is 16.7 Å². The Labute approximate surface area is 122 Å². The smallest absolute Gasteiger partial charge is 0.243 e. The second kappa shape index (κ2) is 5.54. The number of amides is 2. The number of carbonyl (C=O) groups is 2. The fourth-order valence-electron chi connectivity index (χ4n) is 2.95. The number of benzene rings is 1. The third-order valence-electron chi connectivity index (χ3n) is 4.16. The molecule has 1 unspecified atom stereocenters. The van der Waals surface area contributed by atoms with Crippen LogP contribution in [0.4, 0.5) is 0 Å². The number of nitrogens with one attached hydrogen (secondary N) is 2. The van der Waals surface area contributed by atoms with Crippen LogP contribution >= 0.6 is 11.6 Å². The van der Waals surface area contributed by atoms with Crippen molar-refractivity contribution in [2.75, 3.05) is 0 Å². The maximum Gasteiger partial charge on any atom is 0.243 e. The Hall–Kier alpha value is -1.39. The minimum Gasteiger partial charge on any atom is -0.303 e. The van der Waals surface area contributed by atoms with Gasteiger partial charge in [-0.25, -0.2) is 0 Å². The summed E-state index contributed by atoms with van der Waals surface area (Å²) in [6.07, 6.45) is 2.99. The van der Waals surface area contributed by atoms with Gasteiger partial charge in [-0.05, 0) is 36.8 Å². The molecule has 2 amide bonds. The van der Waals surface area contributed by atoms with E-state index in [1.807, 2.05) is 18.2 Å². The normalized spacial score (nSPS) is 29.8. The fourth-order valence-corrected chi connectivity index (χ4v) is 3.24. The minimum absolute atomic E-state index is 0.171. The molecule has 2 aliphatic rings. The van der Waals surface area contributed by atoms with Crippen LogP contribution in [0.25, 0.3) is 0 Å². The standard InChI is InChI=1S/C15H17ClN2O2/c16-12-4-2-1-3-11(12)9-7-10(8-9)17-13-5-6-14(19)18-15(13)20/h1-4,9-10,13,17H,5-8H2,(H,18,19,20). The van der Waals surface area contributed by atoms with E-state index in [0.717, 1.165) is 17.9 Å². The summed E-state index contributed by atoms with van der Waals surface area (Å²) in [5.74, 6) is 0.104. The van der Waals surface area contributed by atoms with Gasteiger partial charge in [0.2, 0.25) is 11.8 Å². The molecule has 4 nitrogen and oxygen atoms in total. The third-order valence-corrected chi connectivity index (χ3v) is 4.50. The second-order valence-electron chi connectivity index (χ2n) is 5.56. The van der Waals surface area contributed by atoms with Crippen LogP contribution in [0, 0.1) is 0 Å². The first-order chi connectivity index (χ1) is 9.63. The van der Waals surface area contributed by atoms with E-state index < -0.39 is 0 Å². The molecule has 3 rings (SSSR count). The monoisotopic (exact) mass is 292 g/mol. The van der Waals surface area contributed by atoms with E-state index in [-0.39, 0.29) is 17.9 Å². The van der Waals surface area contributed by atoms with Crippen LogP contribution in [0.1, 0.15) is 37.2 Å². The Morgan fingerprint density at radius 3 is 2.65 bits per heavy atom. The highest BCUT2D eigenvalue weighted by molar-refractivity contribution is 6.31. The van der Waals surface area contributed by atoms with Gasteiger partial charge in [0, 0.05) is 17.5 Å². The maximum absolute atomic E-state index is 11.7. The van der Waals surface area contributed by atoms with Crippen molar-refractivity contribution in [1.29, 1.82) is 0 Å². The van der Waals surface area contributed by atoms with Crippen molar-refractivity contribution in [2.45, 2.75) is 43.7 Å². The number of halogens is 1. The summed E-state index contributed by atoms with van der Waals surface area (Å²) in [6, 6.07) is 8.02. The van der Waals surface area contributed by atoms with Gasteiger partial charge in [0.1, 0.15) is 0 Å². The molecule has 1 aromatic rings. The molecule has 5 heteroatoms. The number of hydrogen-bond donors (Lipinski definition) is 2. The molecule has 0 radical (unpaired) electrons. The van der Waals surface area contributed by atoms with E-state index in [9.17, 15) is 9.59 Å². The first kappa shape index (κ1) is 13.6. The Bertz CT molecular complexity index is 540. The van der Waals surface area contributed by atoms with Gasteiger partial charge in [0.05, 0.1) is 6.04 Å². The largest absolute Gasteiger partial charge is 0.303 e. The highest BCUT2D eigenvalue weighted by Gasteiger charge is 2.35. The van der Waals surface area contributed by atoms with Crippen molar-refractivity contribution in [3.63, 3.8) is 0 Å². The number of imide groups is 1. The summed E-state index contributed by atoms with van der Waals surface area (Å²) in [5, 5.41) is 6.53. The lowest BCUT2D eigenvalue weighted by atomic mass is 9.75. The van der Waals surface area contributed by atoms with Crippen LogP contribution < -0.4 is 10.6 Å². The summed E-state index contributed by atoms with van der Waals surface area (Å²) in [6.45, 7) is 0. The van der Waals surface area contributed by atoms with Gasteiger partial charge in [-0.15, -0.1) is 0 Å². The van der Waals surface area contributed by atoms with Gasteiger partial charge in [0.25, 0.3) is 0 Å². The molecule has 1 aliphatic heterocycles. The molecule has 1 atom stereocenters. The number of piperidine rings is 1. The van der Waals surface area contributed by atoms with E-state index in [4.69, 9.17) is 11.6 Å². The zero-order valence-corrected chi connectivity index (χ0v) is 11.8. The Morgan fingerprint density at radius 1 is 1.20 bits per heavy atom. The zero-order valence-electron chi connectivity index (χ0n) is 11.1. The average molecular weight is 293 g/mol. The topological polar surface area (TPSA) is 58.2 Å². The molecule has 1 saturated heterocycles. The third kappa shape index (κ3) is 2.72. The SMILES string of the molecule is O=C1CCC(NC2CC(c3ccccc3Cl)C2)C(=O)N1. The highest BCUT2D eigenvalue weighted by Crippen LogP contribution is 2.40. The molecule has 0 bridgehead atoms. The molecule has 0 aromatic heterocycles. The van der Waals surface area contributed by atoms with Crippen molar-refractivity contribution >= 4 is 23.4 Å². The molecule has 1 aliphatic carbocycles. The molecule has 1 heterocycles. The molecular formula is C15H17ClN2O2. The van der Waals surface area contributed by atoms with Crippen molar-refractivity contribution in [3.05, 3.63) is 34.9 Å². The number of carbonyl (C=O) groups excluding carboxylic acids is 2. The molecule has 2 fully saturated rings. The summed E-state index contributed by atoms with van der Waals surface area (Å²) in [5.41, 5.74) is 1.19. The van der Waals surface area contributed by atoms with E-state index in [1.165, 1.54) is 5.56 Å². The van der Waals surface area contributed by atoms with Crippen molar-refractivity contribution in [1.82, 2.24) is 10.6 Å². The quantitative estimate of drug-likeness (QED) is 0.838. The van der Waals surface area contributed by atoms with E-state index >= 15 is 0 Å². The summed E-state index contributed by atoms with van der Waals surface area (Å²) < 4.78 is 0. The van der Waals surface area contributed by atoms with Gasteiger partial charge < -0.3 is 5.32 Å². The number of rotatable bonds is 3. The second-order valence-corrected chi connectivity index (χ2v) is 5.96. The summed E-state index contributed by atoms with van der Waals surface area (Å²) in [7, 11) is 0. The average Bonchev–Trinajstić information content (AvgIpc) is 2.37. The van der Waals surface area contributed by atoms with Crippen molar-refractivity contribution < 1.29 is 9.59 Å². The van der Waals surface area contributed by atoms with Gasteiger partial charge >= 0.3 is 0 Å². The van der Waals surface area contributed by atoms with Gasteiger partial charge in [-0.1, -0.05) is 29.8 Å². The Balaban J connectivity index is 1.53. The Kier molecular flexibility index (Phi) is 3.76. The van der Waals surface area contributed by atoms with Crippen LogP contribution in [0.2, 0.25) is 5.02 Å². The molecule has 1 aromatic carbocycles. The van der Waals surface area contributed by atoms with Crippen LogP contribution in [0.15, 0.2) is 24.3 Å². The van der Waals surface area contributed by atoms with Crippen molar-refractivity contribution in [2.24, 2.45) is 0 Å². The minimum atomic E-state index is -0.232. The van der Waals surface area contributed by atoms with Crippen LogP contribution in [0.3, 0.4) is 0 Å². The zero-order chi connectivity index (χ0) is 14.1. The predicted octanol–water partition coefficient (Wildman–Crippen LogP) is 1.98. The summed E-state index contributed by atoms with van der Waals surface area (Å²) in [4.78, 5) is 22.8.